The van der Waals surface area contributed by atoms with Gasteiger partial charge < -0.3 is 10.1 Å². The number of halogens is 2. The van der Waals surface area contributed by atoms with Gasteiger partial charge in [-0.3, -0.25) is 0 Å². The minimum absolute atomic E-state index is 0.143. The Bertz CT molecular complexity index is 339. The molecule has 1 N–H and O–H groups in total. The van der Waals surface area contributed by atoms with Crippen molar-refractivity contribution in [3.8, 4) is 0 Å². The number of hydrogen-bond acceptors (Lipinski definition) is 2. The predicted octanol–water partition coefficient (Wildman–Crippen LogP) is 3.55. The quantitative estimate of drug-likeness (QED) is 0.844. The molecule has 2 unspecified atom stereocenters. The maximum Gasteiger partial charge on any atom is 0.129 e. The number of benzene rings is 1. The molecule has 2 atom stereocenters. The molecule has 0 fully saturated rings. The molecule has 0 aliphatic rings. The molecule has 0 spiro atoms. The molecular formula is C13H19ClFNO. The van der Waals surface area contributed by atoms with Gasteiger partial charge in [0.1, 0.15) is 5.82 Å². The fourth-order valence-corrected chi connectivity index (χ4v) is 2.03. The summed E-state index contributed by atoms with van der Waals surface area (Å²) in [5.41, 5.74) is 0.483. The Morgan fingerprint density at radius 2 is 2.18 bits per heavy atom. The first-order valence-corrected chi connectivity index (χ1v) is 6.19. The van der Waals surface area contributed by atoms with Crippen LogP contribution in [-0.4, -0.2) is 19.8 Å². The summed E-state index contributed by atoms with van der Waals surface area (Å²) in [6.07, 6.45) is 0.829. The Morgan fingerprint density at radius 1 is 1.47 bits per heavy atom. The van der Waals surface area contributed by atoms with Crippen LogP contribution in [0.5, 0.6) is 0 Å². The summed E-state index contributed by atoms with van der Waals surface area (Å²) in [6, 6.07) is 4.50. The molecule has 0 amide bonds. The van der Waals surface area contributed by atoms with E-state index in [0.717, 1.165) is 13.0 Å². The second kappa shape index (κ2) is 6.94. The van der Waals surface area contributed by atoms with Gasteiger partial charge in [-0.15, -0.1) is 0 Å². The molecule has 0 radical (unpaired) electrons. The Hall–Kier alpha value is -0.640. The number of hydrogen-bond donors (Lipinski definition) is 1. The van der Waals surface area contributed by atoms with Crippen molar-refractivity contribution < 1.29 is 9.13 Å². The molecular weight excluding hydrogens is 241 g/mol. The minimum atomic E-state index is -0.296. The van der Waals surface area contributed by atoms with E-state index in [1.54, 1.807) is 19.2 Å². The van der Waals surface area contributed by atoms with E-state index in [-0.39, 0.29) is 18.0 Å². The first kappa shape index (κ1) is 14.4. The van der Waals surface area contributed by atoms with E-state index >= 15 is 0 Å². The van der Waals surface area contributed by atoms with Crippen LogP contribution in [0, 0.1) is 5.82 Å². The monoisotopic (exact) mass is 259 g/mol. The maximum absolute atomic E-state index is 13.8. The summed E-state index contributed by atoms with van der Waals surface area (Å²) in [6.45, 7) is 4.75. The van der Waals surface area contributed by atoms with Crippen molar-refractivity contribution in [3.05, 3.63) is 34.6 Å². The van der Waals surface area contributed by atoms with Gasteiger partial charge in [-0.25, -0.2) is 4.39 Å². The summed E-state index contributed by atoms with van der Waals surface area (Å²) in [5.74, 6) is -0.296. The van der Waals surface area contributed by atoms with E-state index in [0.29, 0.717) is 10.6 Å². The fraction of sp³-hybridized carbons (Fsp3) is 0.538. The van der Waals surface area contributed by atoms with Crippen LogP contribution < -0.4 is 5.32 Å². The molecule has 96 valence electrons. The van der Waals surface area contributed by atoms with Gasteiger partial charge in [0, 0.05) is 17.7 Å². The predicted molar refractivity (Wildman–Crippen MR) is 68.9 cm³/mol. The summed E-state index contributed by atoms with van der Waals surface area (Å²) in [4.78, 5) is 0. The molecule has 0 aliphatic carbocycles. The highest BCUT2D eigenvalue weighted by atomic mass is 35.5. The van der Waals surface area contributed by atoms with Crippen LogP contribution in [0.4, 0.5) is 4.39 Å². The van der Waals surface area contributed by atoms with Crippen LogP contribution in [-0.2, 0) is 4.74 Å². The van der Waals surface area contributed by atoms with E-state index in [1.165, 1.54) is 6.07 Å². The lowest BCUT2D eigenvalue weighted by molar-refractivity contribution is 0.0818. The third-order valence-electron chi connectivity index (χ3n) is 2.77. The zero-order valence-electron chi connectivity index (χ0n) is 10.5. The van der Waals surface area contributed by atoms with Crippen molar-refractivity contribution in [2.45, 2.75) is 32.4 Å². The normalized spacial score (nSPS) is 14.6. The molecule has 0 saturated heterocycles. The average molecular weight is 260 g/mol. The van der Waals surface area contributed by atoms with Crippen LogP contribution in [0.3, 0.4) is 0 Å². The van der Waals surface area contributed by atoms with Gasteiger partial charge in [0.25, 0.3) is 0 Å². The molecule has 1 rings (SSSR count). The third kappa shape index (κ3) is 3.66. The van der Waals surface area contributed by atoms with E-state index in [4.69, 9.17) is 16.3 Å². The van der Waals surface area contributed by atoms with Crippen molar-refractivity contribution in [2.75, 3.05) is 13.7 Å². The lowest BCUT2D eigenvalue weighted by Gasteiger charge is -2.25. The van der Waals surface area contributed by atoms with Crippen LogP contribution in [0.1, 0.15) is 31.9 Å². The van der Waals surface area contributed by atoms with Crippen LogP contribution in [0.15, 0.2) is 18.2 Å². The summed E-state index contributed by atoms with van der Waals surface area (Å²) in [7, 11) is 1.61. The highest BCUT2D eigenvalue weighted by molar-refractivity contribution is 6.31. The highest BCUT2D eigenvalue weighted by Crippen LogP contribution is 2.28. The fourth-order valence-electron chi connectivity index (χ4n) is 1.75. The molecule has 2 nitrogen and oxygen atoms in total. The van der Waals surface area contributed by atoms with Crippen molar-refractivity contribution in [3.63, 3.8) is 0 Å². The van der Waals surface area contributed by atoms with Crippen LogP contribution in [0.2, 0.25) is 5.02 Å². The van der Waals surface area contributed by atoms with Gasteiger partial charge >= 0.3 is 0 Å². The van der Waals surface area contributed by atoms with Crippen LogP contribution in [0.25, 0.3) is 0 Å². The molecule has 1 aromatic carbocycles. The third-order valence-corrected chi connectivity index (χ3v) is 3.10. The van der Waals surface area contributed by atoms with Gasteiger partial charge in [-0.2, -0.15) is 0 Å². The molecule has 0 heterocycles. The van der Waals surface area contributed by atoms with Crippen molar-refractivity contribution in [1.29, 1.82) is 0 Å². The molecule has 0 aromatic heterocycles. The molecule has 0 aliphatic heterocycles. The summed E-state index contributed by atoms with van der Waals surface area (Å²) >= 11 is 6.07. The molecule has 17 heavy (non-hydrogen) atoms. The largest absolute Gasteiger partial charge is 0.380 e. The lowest BCUT2D eigenvalue weighted by atomic mass is 10.0. The Kier molecular flexibility index (Phi) is 5.89. The van der Waals surface area contributed by atoms with Crippen molar-refractivity contribution in [1.82, 2.24) is 5.32 Å². The number of methoxy groups -OCH3 is 1. The van der Waals surface area contributed by atoms with E-state index in [2.05, 4.69) is 12.2 Å². The first-order chi connectivity index (χ1) is 8.11. The zero-order valence-corrected chi connectivity index (χ0v) is 11.2. The molecule has 0 saturated carbocycles. The zero-order chi connectivity index (χ0) is 12.8. The average Bonchev–Trinajstić information content (AvgIpc) is 2.32. The number of ether oxygens (including phenoxy) is 1. The van der Waals surface area contributed by atoms with E-state index in [9.17, 15) is 4.39 Å². The Balaban J connectivity index is 3.03. The Morgan fingerprint density at radius 3 is 2.71 bits per heavy atom. The lowest BCUT2D eigenvalue weighted by Crippen LogP contribution is -2.33. The van der Waals surface area contributed by atoms with Gasteiger partial charge in [0.15, 0.2) is 0 Å². The number of nitrogens with one attached hydrogen (secondary N) is 1. The second-order valence-electron chi connectivity index (χ2n) is 4.01. The molecule has 4 heteroatoms. The van der Waals surface area contributed by atoms with E-state index < -0.39 is 0 Å². The SMILES string of the molecule is CCCNC(c1c(F)cccc1Cl)C(C)OC. The van der Waals surface area contributed by atoms with Crippen molar-refractivity contribution in [2.24, 2.45) is 0 Å². The minimum Gasteiger partial charge on any atom is -0.380 e. The maximum atomic E-state index is 13.8. The standard InChI is InChI=1S/C13H19ClFNO/c1-4-8-16-13(9(2)17-3)12-10(14)6-5-7-11(12)15/h5-7,9,13,16H,4,8H2,1-3H3. The summed E-state index contributed by atoms with van der Waals surface area (Å²) < 4.78 is 19.1. The smallest absolute Gasteiger partial charge is 0.129 e. The second-order valence-corrected chi connectivity index (χ2v) is 4.42. The highest BCUT2D eigenvalue weighted by Gasteiger charge is 2.23. The van der Waals surface area contributed by atoms with Crippen molar-refractivity contribution >= 4 is 11.6 Å². The van der Waals surface area contributed by atoms with Gasteiger partial charge in [0.05, 0.1) is 12.1 Å². The van der Waals surface area contributed by atoms with E-state index in [1.807, 2.05) is 6.92 Å². The van der Waals surface area contributed by atoms with Gasteiger partial charge in [0.2, 0.25) is 0 Å². The Labute approximate surface area is 107 Å². The first-order valence-electron chi connectivity index (χ1n) is 5.81. The van der Waals surface area contributed by atoms with Gasteiger partial charge in [-0.1, -0.05) is 24.6 Å². The molecule has 0 bridgehead atoms. The molecule has 1 aromatic rings. The summed E-state index contributed by atoms with van der Waals surface area (Å²) in [5, 5.41) is 3.70. The van der Waals surface area contributed by atoms with Crippen LogP contribution >= 0.6 is 11.6 Å². The number of rotatable bonds is 6. The van der Waals surface area contributed by atoms with Gasteiger partial charge in [-0.05, 0) is 32.0 Å². The topological polar surface area (TPSA) is 21.3 Å².